The molecular formula is C12H19N9O7. The van der Waals surface area contributed by atoms with Crippen LogP contribution in [-0.2, 0) is 9.47 Å². The molecule has 4 unspecified atom stereocenters. The van der Waals surface area contributed by atoms with Crippen molar-refractivity contribution < 1.29 is 35.0 Å². The van der Waals surface area contributed by atoms with Crippen LogP contribution >= 0.6 is 0 Å². The van der Waals surface area contributed by atoms with E-state index in [-0.39, 0.29) is 6.42 Å². The lowest BCUT2D eigenvalue weighted by Gasteiger charge is -2.45. The van der Waals surface area contributed by atoms with E-state index < -0.39 is 67.6 Å². The maximum atomic E-state index is 10.4. The van der Waals surface area contributed by atoms with E-state index in [0.29, 0.717) is 0 Å². The summed E-state index contributed by atoms with van der Waals surface area (Å²) in [7, 11) is 0. The summed E-state index contributed by atoms with van der Waals surface area (Å²) in [5, 5.41) is 60.0. The molecule has 0 aromatic carbocycles. The zero-order chi connectivity index (χ0) is 20.8. The summed E-state index contributed by atoms with van der Waals surface area (Å²) in [6.07, 6.45) is -10.9. The molecule has 0 spiro atoms. The highest BCUT2D eigenvalue weighted by atomic mass is 16.7. The molecule has 0 bridgehead atoms. The van der Waals surface area contributed by atoms with Gasteiger partial charge in [-0.2, -0.15) is 0 Å². The third kappa shape index (κ3) is 4.38. The molecule has 1 heterocycles. The Balaban J connectivity index is 2.31. The van der Waals surface area contributed by atoms with Gasteiger partial charge in [-0.05, 0) is 23.0 Å². The van der Waals surface area contributed by atoms with E-state index >= 15 is 0 Å². The third-order valence-corrected chi connectivity index (χ3v) is 4.67. The van der Waals surface area contributed by atoms with Crippen molar-refractivity contribution in [2.24, 2.45) is 15.3 Å². The van der Waals surface area contributed by atoms with E-state index in [9.17, 15) is 25.5 Å². The van der Waals surface area contributed by atoms with E-state index in [0.717, 1.165) is 0 Å². The Morgan fingerprint density at radius 3 is 2.04 bits per heavy atom. The number of aliphatic hydroxyl groups excluding tert-OH is 5. The van der Waals surface area contributed by atoms with Crippen LogP contribution in [0.1, 0.15) is 6.42 Å². The van der Waals surface area contributed by atoms with Crippen LogP contribution in [0.25, 0.3) is 31.3 Å². The Morgan fingerprint density at radius 1 is 0.857 bits per heavy atom. The molecule has 2 aliphatic rings. The maximum absolute atomic E-state index is 10.4. The molecule has 154 valence electrons. The Kier molecular flexibility index (Phi) is 7.62. The van der Waals surface area contributed by atoms with Gasteiger partial charge in [0.15, 0.2) is 6.29 Å². The van der Waals surface area contributed by atoms with Crippen LogP contribution in [0, 0.1) is 0 Å². The summed E-state index contributed by atoms with van der Waals surface area (Å²) in [6.45, 7) is -0.699. The molecule has 16 heteroatoms. The standard InChI is InChI=1S/C12H19N9O7/c13-19-16-3-1-4(17-20-14)11(10(26)7(3)23)28-12-6(18-21-15)9(25)8(24)5(2-22)27-12/h3-12,22-26H,1-2H2/t3-,4?,5?,6?,7-,8-,9-,10?,11-,12-/m1/s1. The van der Waals surface area contributed by atoms with Gasteiger partial charge >= 0.3 is 0 Å². The third-order valence-electron chi connectivity index (χ3n) is 4.67. The summed E-state index contributed by atoms with van der Waals surface area (Å²) < 4.78 is 10.9. The van der Waals surface area contributed by atoms with Crippen LogP contribution in [0.4, 0.5) is 0 Å². The predicted molar refractivity (Wildman–Crippen MR) is 88.1 cm³/mol. The first-order chi connectivity index (χ1) is 13.4. The predicted octanol–water partition coefficient (Wildman–Crippen LogP) is -1.03. The first-order valence-corrected chi connectivity index (χ1v) is 8.16. The highest BCUT2D eigenvalue weighted by molar-refractivity contribution is 5.02. The Hall–Kier alpha value is -2.35. The maximum Gasteiger partial charge on any atom is 0.169 e. The van der Waals surface area contributed by atoms with Gasteiger partial charge in [0, 0.05) is 14.7 Å². The number of ether oxygens (including phenoxy) is 2. The largest absolute Gasteiger partial charge is 0.394 e. The number of rotatable bonds is 6. The van der Waals surface area contributed by atoms with Crippen LogP contribution < -0.4 is 0 Å². The van der Waals surface area contributed by atoms with Crippen molar-refractivity contribution in [3.05, 3.63) is 31.3 Å². The molecule has 0 aromatic rings. The van der Waals surface area contributed by atoms with E-state index in [1.165, 1.54) is 0 Å². The first kappa shape index (κ1) is 21.9. The minimum atomic E-state index is -1.69. The lowest BCUT2D eigenvalue weighted by Crippen LogP contribution is -2.62. The van der Waals surface area contributed by atoms with Gasteiger partial charge in [0.25, 0.3) is 0 Å². The first-order valence-electron chi connectivity index (χ1n) is 8.16. The molecule has 0 amide bonds. The number of hydrogen-bond donors (Lipinski definition) is 5. The van der Waals surface area contributed by atoms with Gasteiger partial charge in [0.1, 0.15) is 24.4 Å². The number of azide groups is 3. The Morgan fingerprint density at radius 2 is 1.46 bits per heavy atom. The van der Waals surface area contributed by atoms with Crippen molar-refractivity contribution in [3.8, 4) is 0 Å². The summed E-state index contributed by atoms with van der Waals surface area (Å²) in [4.78, 5) is 7.75. The van der Waals surface area contributed by atoms with Gasteiger partial charge < -0.3 is 35.0 Å². The normalized spacial score (nSPS) is 43.2. The molecule has 2 rings (SSSR count). The second-order valence-electron chi connectivity index (χ2n) is 6.26. The monoisotopic (exact) mass is 401 g/mol. The van der Waals surface area contributed by atoms with Crippen LogP contribution in [0.15, 0.2) is 15.3 Å². The van der Waals surface area contributed by atoms with E-state index in [4.69, 9.17) is 26.1 Å². The average molecular weight is 401 g/mol. The second-order valence-corrected chi connectivity index (χ2v) is 6.26. The van der Waals surface area contributed by atoms with Crippen molar-refractivity contribution >= 4 is 0 Å². The van der Waals surface area contributed by atoms with E-state index in [1.807, 2.05) is 0 Å². The topological polar surface area (TPSA) is 266 Å². The highest BCUT2D eigenvalue weighted by Gasteiger charge is 2.49. The van der Waals surface area contributed by atoms with Gasteiger partial charge in [-0.15, -0.1) is 0 Å². The molecule has 2 fully saturated rings. The van der Waals surface area contributed by atoms with Crippen molar-refractivity contribution in [2.45, 2.75) is 67.5 Å². The molecule has 1 saturated heterocycles. The number of hydrogen-bond acceptors (Lipinski definition) is 10. The molecule has 5 N–H and O–H groups in total. The minimum absolute atomic E-state index is 0.162. The fraction of sp³-hybridized carbons (Fsp3) is 1.00. The molecule has 16 nitrogen and oxygen atoms in total. The van der Waals surface area contributed by atoms with Gasteiger partial charge in [-0.25, -0.2) is 0 Å². The molecule has 1 aliphatic heterocycles. The molecular weight excluding hydrogens is 382 g/mol. The van der Waals surface area contributed by atoms with Crippen molar-refractivity contribution in [3.63, 3.8) is 0 Å². The number of nitrogens with zero attached hydrogens (tertiary/aromatic N) is 9. The SMILES string of the molecule is [N-]=[N+]=NC1C[C@@H](N=[N+]=[N-])[C@@H](O)C(O)[C@@H]1O[C@H]1OC(CO)[C@@H](O)[C@H](O)C1N=[N+]=[N-]. The molecule has 0 aromatic heterocycles. The van der Waals surface area contributed by atoms with Crippen molar-refractivity contribution in [1.82, 2.24) is 0 Å². The van der Waals surface area contributed by atoms with Gasteiger partial charge in [-0.3, -0.25) is 0 Å². The van der Waals surface area contributed by atoms with Crippen LogP contribution in [0.3, 0.4) is 0 Å². The van der Waals surface area contributed by atoms with Gasteiger partial charge in [-0.1, -0.05) is 15.3 Å². The van der Waals surface area contributed by atoms with Gasteiger partial charge in [0.05, 0.1) is 37.0 Å². The van der Waals surface area contributed by atoms with Crippen LogP contribution in [0.5, 0.6) is 0 Å². The van der Waals surface area contributed by atoms with E-state index in [2.05, 4.69) is 30.1 Å². The molecule has 10 atom stereocenters. The highest BCUT2D eigenvalue weighted by Crippen LogP contribution is 2.32. The Labute approximate surface area is 156 Å². The summed E-state index contributed by atoms with van der Waals surface area (Å²) in [6, 6.07) is -3.66. The average Bonchev–Trinajstić information content (AvgIpc) is 2.68. The second kappa shape index (κ2) is 9.73. The minimum Gasteiger partial charge on any atom is -0.394 e. The Bertz CT molecular complexity index is 693. The quantitative estimate of drug-likeness (QED) is 0.209. The lowest BCUT2D eigenvalue weighted by molar-refractivity contribution is -0.293. The van der Waals surface area contributed by atoms with E-state index in [1.54, 1.807) is 0 Å². The smallest absolute Gasteiger partial charge is 0.169 e. The summed E-state index contributed by atoms with van der Waals surface area (Å²) in [5.74, 6) is 0. The summed E-state index contributed by atoms with van der Waals surface area (Å²) >= 11 is 0. The number of aliphatic hydroxyl groups is 5. The molecule has 1 aliphatic carbocycles. The summed E-state index contributed by atoms with van der Waals surface area (Å²) in [5.41, 5.74) is 26.0. The van der Waals surface area contributed by atoms with Gasteiger partial charge in [0.2, 0.25) is 0 Å². The van der Waals surface area contributed by atoms with Crippen LogP contribution in [-0.4, -0.2) is 93.2 Å². The molecule has 28 heavy (non-hydrogen) atoms. The fourth-order valence-corrected chi connectivity index (χ4v) is 3.22. The van der Waals surface area contributed by atoms with Crippen molar-refractivity contribution in [2.75, 3.05) is 6.61 Å². The lowest BCUT2D eigenvalue weighted by atomic mass is 9.84. The molecule has 1 saturated carbocycles. The molecule has 0 radical (unpaired) electrons. The fourth-order valence-electron chi connectivity index (χ4n) is 3.22. The zero-order valence-corrected chi connectivity index (χ0v) is 14.3. The van der Waals surface area contributed by atoms with Crippen LogP contribution in [0.2, 0.25) is 0 Å². The zero-order valence-electron chi connectivity index (χ0n) is 14.3. The van der Waals surface area contributed by atoms with Crippen molar-refractivity contribution in [1.29, 1.82) is 0 Å².